The van der Waals surface area contributed by atoms with E-state index in [2.05, 4.69) is 189 Å². The third kappa shape index (κ3) is 11.0. The maximum atomic E-state index is 7.18. The molecule has 0 N–H and O–H groups in total. The maximum Gasteiger partial charge on any atom is 1.00 e. The van der Waals surface area contributed by atoms with Crippen LogP contribution in [0.4, 0.5) is 0 Å². The zero-order valence-electron chi connectivity index (χ0n) is 35.8. The molecule has 2 heterocycles. The molecular weight excluding hydrogens is 1170 g/mol. The average molecular weight is 1220 g/mol. The third-order valence-corrected chi connectivity index (χ3v) is 18.7. The van der Waals surface area contributed by atoms with Crippen LogP contribution in [-0.4, -0.2) is 14.0 Å². The topological polar surface area (TPSA) is 9.86 Å². The fourth-order valence-electron chi connectivity index (χ4n) is 8.30. The SMILES string of the molecule is C=C/C=C\C=C\[PH+](c1ccccc1)C(C)(C)[PH+](c1ccccc1)c1ccccc1.[Au+].[Au+].[C-]#Cc1ccc2c(c1)c1ccccc1n2C.[C-]#Cc1ccc2c(c1)c1ccccc1n2C. The quantitative estimate of drug-likeness (QED) is 0.0472. The first-order valence-electron chi connectivity index (χ1n) is 20.4. The summed E-state index contributed by atoms with van der Waals surface area (Å²) < 4.78 is 4.36. The van der Waals surface area contributed by atoms with E-state index in [1.807, 2.05) is 72.8 Å². The Bertz CT molecular complexity index is 2910. The van der Waals surface area contributed by atoms with Gasteiger partial charge in [-0.05, 0) is 65.4 Å². The van der Waals surface area contributed by atoms with E-state index in [0.717, 1.165) is 11.1 Å². The van der Waals surface area contributed by atoms with Crippen molar-refractivity contribution < 1.29 is 44.8 Å². The van der Waals surface area contributed by atoms with Gasteiger partial charge in [-0.15, -0.1) is 35.4 Å². The number of fused-ring (bicyclic) bond motifs is 6. The Hall–Kier alpha value is -5.18. The standard InChI is InChI=1S/C27H28P2.2C15H10N.2Au/c1-4-5-6-16-23-28(24-17-10-7-11-18-24)27(2,3)29(25-19-12-8-13-20-25)26-21-14-9-15-22-26;2*1-3-11-8-9-15-13(10-11)12-6-4-5-7-14(12)16(15)2;;/h4-23H,1H2,2-3H3;2*4-10H,2H3;;/q;2*-1;2*+1/p+2/b6-5-,23-16+;;;;. The van der Waals surface area contributed by atoms with Gasteiger partial charge in [0.1, 0.15) is 31.8 Å². The fourth-order valence-corrected chi connectivity index (χ4v) is 15.9. The zero-order chi connectivity index (χ0) is 42.8. The third-order valence-electron chi connectivity index (χ3n) is 11.2. The Kier molecular flexibility index (Phi) is 17.8. The van der Waals surface area contributed by atoms with Crippen molar-refractivity contribution >= 4 is 75.4 Å². The summed E-state index contributed by atoms with van der Waals surface area (Å²) in [5, 5.41) is 9.25. The molecule has 0 saturated heterocycles. The molecule has 0 aliphatic rings. The molecule has 0 saturated carbocycles. The van der Waals surface area contributed by atoms with Gasteiger partial charge in [0.2, 0.25) is 0 Å². The number of nitrogens with zero attached hydrogens (tertiary/aromatic N) is 2. The molecule has 0 radical (unpaired) electrons. The second-order valence-corrected chi connectivity index (χ2v) is 22.0. The van der Waals surface area contributed by atoms with Gasteiger partial charge in [0.05, 0.1) is 5.82 Å². The van der Waals surface area contributed by atoms with Crippen LogP contribution in [0.2, 0.25) is 0 Å². The van der Waals surface area contributed by atoms with E-state index < -0.39 is 15.8 Å². The van der Waals surface area contributed by atoms with Crippen LogP contribution >= 0.6 is 15.8 Å². The Labute approximate surface area is 407 Å². The van der Waals surface area contributed by atoms with Crippen molar-refractivity contribution in [3.8, 4) is 11.8 Å². The summed E-state index contributed by atoms with van der Waals surface area (Å²) in [6.45, 7) is 8.74. The van der Waals surface area contributed by atoms with E-state index in [0.29, 0.717) is 0 Å². The molecule has 1 unspecified atom stereocenters. The molecule has 9 aromatic rings. The van der Waals surface area contributed by atoms with Gasteiger partial charge >= 0.3 is 44.8 Å². The Morgan fingerprint density at radius 3 is 1.27 bits per heavy atom. The first-order valence-corrected chi connectivity index (χ1v) is 23.5. The molecule has 6 heteroatoms. The second kappa shape index (κ2) is 23.0. The van der Waals surface area contributed by atoms with Crippen LogP contribution in [-0.2, 0) is 58.9 Å². The molecule has 0 fully saturated rings. The molecule has 0 amide bonds. The van der Waals surface area contributed by atoms with Gasteiger partial charge < -0.3 is 22.0 Å². The van der Waals surface area contributed by atoms with Crippen LogP contribution in [0, 0.1) is 24.7 Å². The zero-order valence-corrected chi connectivity index (χ0v) is 42.2. The summed E-state index contributed by atoms with van der Waals surface area (Å²) in [4.78, 5) is 0.151. The van der Waals surface area contributed by atoms with Crippen LogP contribution in [0.3, 0.4) is 0 Å². The van der Waals surface area contributed by atoms with E-state index >= 15 is 0 Å². The Morgan fingerprint density at radius 2 is 0.857 bits per heavy atom. The average Bonchev–Trinajstić information content (AvgIpc) is 3.76. The number of allylic oxidation sites excluding steroid dienone is 4. The van der Waals surface area contributed by atoms with Gasteiger partial charge in [0, 0.05) is 60.8 Å². The van der Waals surface area contributed by atoms with Crippen LogP contribution in [0.5, 0.6) is 0 Å². The van der Waals surface area contributed by atoms with Crippen molar-refractivity contribution in [2.24, 2.45) is 14.1 Å². The van der Waals surface area contributed by atoms with Crippen LogP contribution < -0.4 is 15.9 Å². The van der Waals surface area contributed by atoms with Crippen molar-refractivity contribution in [1.29, 1.82) is 0 Å². The van der Waals surface area contributed by atoms with Crippen molar-refractivity contribution in [2.75, 3.05) is 0 Å². The summed E-state index contributed by atoms with van der Waals surface area (Å²) >= 11 is 0. The van der Waals surface area contributed by atoms with Gasteiger partial charge in [-0.1, -0.05) is 128 Å². The number of para-hydroxylation sites is 2. The molecule has 1 atom stereocenters. The molecule has 63 heavy (non-hydrogen) atoms. The summed E-state index contributed by atoms with van der Waals surface area (Å²) in [6.07, 6.45) is 22.5. The summed E-state index contributed by atoms with van der Waals surface area (Å²) in [7, 11) is 2.13. The molecule has 318 valence electrons. The summed E-state index contributed by atoms with van der Waals surface area (Å²) in [5.74, 6) is 7.32. The number of hydrogen-bond donors (Lipinski definition) is 0. The molecule has 2 aromatic heterocycles. The molecule has 9 rings (SSSR count). The molecule has 2 nitrogen and oxygen atoms in total. The molecule has 0 bridgehead atoms. The number of benzene rings is 7. The minimum Gasteiger partial charge on any atom is -0.366 e. The van der Waals surface area contributed by atoms with Gasteiger partial charge in [0.15, 0.2) is 4.90 Å². The normalized spacial score (nSPS) is 11.5. The first-order chi connectivity index (χ1) is 29.8. The molecule has 0 aliphatic heterocycles. The Morgan fingerprint density at radius 1 is 0.476 bits per heavy atom. The van der Waals surface area contributed by atoms with Gasteiger partial charge in [0.25, 0.3) is 0 Å². The largest absolute Gasteiger partial charge is 1.00 e. The minimum absolute atomic E-state index is 0. The second-order valence-electron chi connectivity index (χ2n) is 15.4. The van der Waals surface area contributed by atoms with Crippen molar-refractivity contribution in [1.82, 2.24) is 9.13 Å². The van der Waals surface area contributed by atoms with Crippen LogP contribution in [0.15, 0.2) is 213 Å². The van der Waals surface area contributed by atoms with Crippen LogP contribution in [0.25, 0.3) is 43.6 Å². The van der Waals surface area contributed by atoms with Crippen molar-refractivity contribution in [2.45, 2.75) is 18.7 Å². The summed E-state index contributed by atoms with van der Waals surface area (Å²) in [6, 6.07) is 61.9. The van der Waals surface area contributed by atoms with Gasteiger partial charge in [-0.2, -0.15) is 0 Å². The minimum atomic E-state index is -1.01. The predicted molar refractivity (Wildman–Crippen MR) is 271 cm³/mol. The van der Waals surface area contributed by atoms with E-state index in [9.17, 15) is 0 Å². The van der Waals surface area contributed by atoms with Crippen molar-refractivity contribution in [3.63, 3.8) is 0 Å². The van der Waals surface area contributed by atoms with Crippen molar-refractivity contribution in [3.05, 3.63) is 237 Å². The molecule has 7 aromatic carbocycles. The van der Waals surface area contributed by atoms with Gasteiger partial charge in [-0.25, -0.2) is 0 Å². The van der Waals surface area contributed by atoms with Gasteiger partial charge in [-0.3, -0.25) is 11.8 Å². The number of rotatable bonds is 8. The van der Waals surface area contributed by atoms with E-state index in [1.165, 1.54) is 59.5 Å². The van der Waals surface area contributed by atoms with E-state index in [-0.39, 0.29) is 49.7 Å². The smallest absolute Gasteiger partial charge is 0.366 e. The van der Waals surface area contributed by atoms with E-state index in [1.54, 1.807) is 0 Å². The fraction of sp³-hybridized carbons (Fsp3) is 0.0877. The van der Waals surface area contributed by atoms with E-state index in [4.69, 9.17) is 12.8 Å². The predicted octanol–water partition coefficient (Wildman–Crippen LogP) is 12.9. The Balaban J connectivity index is 0.000000187. The van der Waals surface area contributed by atoms with Crippen LogP contribution in [0.1, 0.15) is 25.0 Å². The maximum absolute atomic E-state index is 7.18. The monoisotopic (exact) mass is 1220 g/mol. The number of aromatic nitrogens is 2. The number of hydrogen-bond acceptors (Lipinski definition) is 0. The molecular formula is C57H50Au2N2P2+2. The molecule has 0 spiro atoms. The molecule has 0 aliphatic carbocycles. The summed E-state index contributed by atoms with van der Waals surface area (Å²) in [5.41, 5.74) is 6.48. The number of aryl methyl sites for hydroxylation is 2. The first kappa shape index (κ1) is 48.8.